The predicted octanol–water partition coefficient (Wildman–Crippen LogP) is 12.4. The molecule has 3 aliphatic carbocycles. The van der Waals surface area contributed by atoms with Crippen LogP contribution in [0.1, 0.15) is 52.6 Å². The van der Waals surface area contributed by atoms with Gasteiger partial charge in [-0.1, -0.05) is 121 Å². The lowest BCUT2D eigenvalue weighted by atomic mass is 9.81. The fraction of sp³-hybridized carbons (Fsp3) is 0.128. The molecule has 0 N–H and O–H groups in total. The van der Waals surface area contributed by atoms with Crippen LogP contribution in [-0.4, -0.2) is 4.98 Å². The molecule has 48 heavy (non-hydrogen) atoms. The number of aromatic nitrogens is 1. The van der Waals surface area contributed by atoms with E-state index in [4.69, 9.17) is 4.98 Å². The second-order valence-electron chi connectivity index (χ2n) is 13.6. The van der Waals surface area contributed by atoms with Gasteiger partial charge >= 0.3 is 0 Å². The number of fused-ring (bicyclic) bond motifs is 10. The third kappa shape index (κ3) is 4.42. The molecule has 0 saturated heterocycles. The molecule has 6 aromatic carbocycles. The van der Waals surface area contributed by atoms with E-state index in [0.29, 0.717) is 0 Å². The predicted molar refractivity (Wildman–Crippen MR) is 205 cm³/mol. The molecule has 0 aliphatic heterocycles. The maximum absolute atomic E-state index is 5.51. The second kappa shape index (κ2) is 11.0. The van der Waals surface area contributed by atoms with Gasteiger partial charge in [-0.2, -0.15) is 0 Å². The molecule has 0 spiro atoms. The zero-order chi connectivity index (χ0) is 31.6. The van der Waals surface area contributed by atoms with Crippen molar-refractivity contribution in [1.82, 2.24) is 4.98 Å². The van der Waals surface area contributed by atoms with Gasteiger partial charge in [0.2, 0.25) is 0 Å². The molecular formula is C47H35N. The first kappa shape index (κ1) is 27.6. The van der Waals surface area contributed by atoms with Crippen LogP contribution in [0.3, 0.4) is 0 Å². The van der Waals surface area contributed by atoms with Crippen LogP contribution in [0.25, 0.3) is 84.2 Å². The standard InChI is InChI=1S/C47H35N/c1-2-10-33-27-35(22-19-30(33)9-1)38-26-25-36-28-34(23-24-37(36)29-38)31-17-20-32(21-18-31)46-44-16-8-6-14-42(44)45-41-13-5-3-11-39(41)40-12-4-7-15-43(40)47(45)48-46/h2,5-8,10,13-29H,1,3-4,9,11-12H2. The number of hydrogen-bond acceptors (Lipinski definition) is 1. The maximum atomic E-state index is 5.51. The molecule has 0 atom stereocenters. The lowest BCUT2D eigenvalue weighted by Gasteiger charge is -2.24. The molecule has 0 amide bonds. The Morgan fingerprint density at radius 1 is 0.458 bits per heavy atom. The van der Waals surface area contributed by atoms with E-state index in [-0.39, 0.29) is 0 Å². The fourth-order valence-corrected chi connectivity index (χ4v) is 8.39. The van der Waals surface area contributed by atoms with E-state index in [2.05, 4.69) is 140 Å². The Morgan fingerprint density at radius 3 is 1.83 bits per heavy atom. The molecule has 1 nitrogen and oxygen atoms in total. The molecule has 3 aliphatic rings. The monoisotopic (exact) mass is 613 g/mol. The van der Waals surface area contributed by atoms with E-state index in [1.165, 1.54) is 82.6 Å². The summed E-state index contributed by atoms with van der Waals surface area (Å²) in [5.74, 6) is 0. The normalized spacial score (nSPS) is 14.8. The molecule has 1 heteroatoms. The van der Waals surface area contributed by atoms with Crippen molar-refractivity contribution in [3.8, 4) is 33.5 Å². The topological polar surface area (TPSA) is 12.9 Å². The van der Waals surface area contributed by atoms with E-state index in [1.54, 1.807) is 0 Å². The summed E-state index contributed by atoms with van der Waals surface area (Å²) in [6, 6.07) is 38.5. The van der Waals surface area contributed by atoms with E-state index in [0.717, 1.165) is 55.3 Å². The maximum Gasteiger partial charge on any atom is 0.0797 e. The van der Waals surface area contributed by atoms with E-state index in [9.17, 15) is 0 Å². The molecule has 1 aromatic heterocycles. The summed E-state index contributed by atoms with van der Waals surface area (Å²) in [6.45, 7) is 0. The van der Waals surface area contributed by atoms with Crippen molar-refractivity contribution in [2.24, 2.45) is 0 Å². The van der Waals surface area contributed by atoms with Crippen LogP contribution in [0.2, 0.25) is 0 Å². The Bertz CT molecular complexity index is 2540. The molecule has 0 radical (unpaired) electrons. The largest absolute Gasteiger partial charge is 0.246 e. The van der Waals surface area contributed by atoms with Crippen LogP contribution in [0.4, 0.5) is 0 Å². The van der Waals surface area contributed by atoms with Gasteiger partial charge in [-0.15, -0.1) is 0 Å². The van der Waals surface area contributed by atoms with Gasteiger partial charge < -0.3 is 0 Å². The van der Waals surface area contributed by atoms with E-state index < -0.39 is 0 Å². The fourth-order valence-electron chi connectivity index (χ4n) is 8.39. The first-order chi connectivity index (χ1) is 23.8. The van der Waals surface area contributed by atoms with Gasteiger partial charge in [0.25, 0.3) is 0 Å². The summed E-state index contributed by atoms with van der Waals surface area (Å²) in [5, 5.41) is 6.35. The quantitative estimate of drug-likeness (QED) is 0.181. The van der Waals surface area contributed by atoms with Crippen LogP contribution in [-0.2, 0) is 19.3 Å². The Balaban J connectivity index is 1.04. The van der Waals surface area contributed by atoms with Gasteiger partial charge in [0, 0.05) is 21.9 Å². The lowest BCUT2D eigenvalue weighted by Crippen LogP contribution is -2.08. The van der Waals surface area contributed by atoms with Crippen LogP contribution in [0.15, 0.2) is 121 Å². The van der Waals surface area contributed by atoms with Gasteiger partial charge in [-0.3, -0.25) is 0 Å². The number of allylic oxidation sites excluding steroid dienone is 3. The van der Waals surface area contributed by atoms with Crippen molar-refractivity contribution in [1.29, 1.82) is 0 Å². The Morgan fingerprint density at radius 2 is 1.04 bits per heavy atom. The highest BCUT2D eigenvalue weighted by Crippen LogP contribution is 2.43. The Labute approximate surface area is 281 Å². The van der Waals surface area contributed by atoms with Crippen LogP contribution < -0.4 is 0 Å². The van der Waals surface area contributed by atoms with Gasteiger partial charge in [-0.05, 0) is 123 Å². The Hall–Kier alpha value is -5.53. The smallest absolute Gasteiger partial charge is 0.0797 e. The molecule has 0 fully saturated rings. The average Bonchev–Trinajstić information content (AvgIpc) is 3.17. The van der Waals surface area contributed by atoms with Gasteiger partial charge in [0.05, 0.1) is 11.2 Å². The summed E-state index contributed by atoms with van der Waals surface area (Å²) in [4.78, 5) is 5.51. The summed E-state index contributed by atoms with van der Waals surface area (Å²) >= 11 is 0. The van der Waals surface area contributed by atoms with Crippen molar-refractivity contribution < 1.29 is 0 Å². The van der Waals surface area contributed by atoms with Crippen molar-refractivity contribution in [2.75, 3.05) is 0 Å². The summed E-state index contributed by atoms with van der Waals surface area (Å²) < 4.78 is 0. The summed E-state index contributed by atoms with van der Waals surface area (Å²) in [7, 11) is 0. The number of rotatable bonds is 3. The molecular weight excluding hydrogens is 579 g/mol. The van der Waals surface area contributed by atoms with Crippen molar-refractivity contribution in [3.63, 3.8) is 0 Å². The SMILES string of the molecule is C1=Cc2cc(-c3ccc4cc(-c5ccc(-c6nc7c8c(c9c(c7c7ccccc67)C=CCC9)CCC=C8)cc5)ccc4c3)ccc2CC1. The van der Waals surface area contributed by atoms with E-state index in [1.807, 2.05) is 0 Å². The Kier molecular flexibility index (Phi) is 6.34. The number of aryl methyl sites for hydroxylation is 1. The van der Waals surface area contributed by atoms with Crippen molar-refractivity contribution >= 4 is 50.7 Å². The minimum Gasteiger partial charge on any atom is -0.246 e. The van der Waals surface area contributed by atoms with Crippen LogP contribution in [0.5, 0.6) is 0 Å². The van der Waals surface area contributed by atoms with E-state index >= 15 is 0 Å². The average molecular weight is 614 g/mol. The summed E-state index contributed by atoms with van der Waals surface area (Å²) in [5.41, 5.74) is 16.9. The second-order valence-corrected chi connectivity index (χ2v) is 13.6. The van der Waals surface area contributed by atoms with Gasteiger partial charge in [0.1, 0.15) is 0 Å². The van der Waals surface area contributed by atoms with Crippen molar-refractivity contribution in [2.45, 2.75) is 38.5 Å². The minimum atomic E-state index is 1.06. The van der Waals surface area contributed by atoms with Crippen LogP contribution in [0, 0.1) is 0 Å². The third-order valence-corrected chi connectivity index (χ3v) is 10.8. The number of pyridine rings is 1. The molecule has 0 bridgehead atoms. The number of hydrogen-bond donors (Lipinski definition) is 0. The molecule has 10 rings (SSSR count). The highest BCUT2D eigenvalue weighted by atomic mass is 14.7. The molecule has 228 valence electrons. The first-order valence-corrected chi connectivity index (χ1v) is 17.5. The van der Waals surface area contributed by atoms with Crippen LogP contribution >= 0.6 is 0 Å². The number of benzene rings is 6. The molecule has 0 saturated carbocycles. The third-order valence-electron chi connectivity index (χ3n) is 10.8. The summed E-state index contributed by atoms with van der Waals surface area (Å²) in [6.07, 6.45) is 20.7. The highest BCUT2D eigenvalue weighted by molar-refractivity contribution is 6.16. The highest BCUT2D eigenvalue weighted by Gasteiger charge is 2.23. The molecule has 0 unspecified atom stereocenters. The number of nitrogens with zero attached hydrogens (tertiary/aromatic N) is 1. The lowest BCUT2D eigenvalue weighted by molar-refractivity contribution is 0.910. The van der Waals surface area contributed by atoms with Gasteiger partial charge in [-0.25, -0.2) is 4.98 Å². The minimum absolute atomic E-state index is 1.06. The zero-order valence-electron chi connectivity index (χ0n) is 27.0. The first-order valence-electron chi connectivity index (χ1n) is 17.5. The van der Waals surface area contributed by atoms with Gasteiger partial charge in [0.15, 0.2) is 0 Å². The molecule has 1 heterocycles. The van der Waals surface area contributed by atoms with Crippen molar-refractivity contribution in [3.05, 3.63) is 155 Å². The zero-order valence-corrected chi connectivity index (χ0v) is 27.0. The molecule has 7 aromatic rings.